The van der Waals surface area contributed by atoms with E-state index in [-0.39, 0.29) is 11.8 Å². The number of hydrogen-bond acceptors (Lipinski definition) is 6. The Balaban J connectivity index is 1.28. The summed E-state index contributed by atoms with van der Waals surface area (Å²) in [4.78, 5) is 24.4. The van der Waals surface area contributed by atoms with Crippen molar-refractivity contribution in [2.24, 2.45) is 5.92 Å². The zero-order valence-corrected chi connectivity index (χ0v) is 20.1. The summed E-state index contributed by atoms with van der Waals surface area (Å²) in [5.41, 5.74) is 2.48. The van der Waals surface area contributed by atoms with Crippen molar-refractivity contribution in [1.29, 1.82) is 0 Å². The number of nitrogens with one attached hydrogen (secondary N) is 1. The molecular formula is C29H28N4O3. The van der Waals surface area contributed by atoms with Gasteiger partial charge in [-0.1, -0.05) is 30.3 Å². The molecule has 0 saturated carbocycles. The van der Waals surface area contributed by atoms with Gasteiger partial charge in [-0.25, -0.2) is 9.97 Å². The number of methoxy groups -OCH3 is 1. The predicted molar refractivity (Wildman–Crippen MR) is 141 cm³/mol. The molecule has 1 atom stereocenters. The van der Waals surface area contributed by atoms with E-state index in [1.165, 1.54) is 0 Å². The summed E-state index contributed by atoms with van der Waals surface area (Å²) in [6.07, 6.45) is 3.30. The molecule has 7 heteroatoms. The topological polar surface area (TPSA) is 76.6 Å². The first-order valence-electron chi connectivity index (χ1n) is 12.0. The molecule has 1 unspecified atom stereocenters. The highest BCUT2D eigenvalue weighted by molar-refractivity contribution is 5.94. The lowest BCUT2D eigenvalue weighted by Gasteiger charge is -2.33. The fourth-order valence-corrected chi connectivity index (χ4v) is 4.35. The molecule has 1 saturated heterocycles. The summed E-state index contributed by atoms with van der Waals surface area (Å²) in [6.45, 7) is 1.43. The van der Waals surface area contributed by atoms with Gasteiger partial charge in [0.05, 0.1) is 24.4 Å². The zero-order valence-electron chi connectivity index (χ0n) is 20.1. The molecule has 3 aromatic carbocycles. The number of anilines is 2. The first-order valence-corrected chi connectivity index (χ1v) is 12.0. The van der Waals surface area contributed by atoms with Crippen molar-refractivity contribution in [1.82, 2.24) is 9.97 Å². The third-order valence-corrected chi connectivity index (χ3v) is 6.27. The average Bonchev–Trinajstić information content (AvgIpc) is 2.95. The molecule has 4 aromatic rings. The molecule has 0 spiro atoms. The Kier molecular flexibility index (Phi) is 7.07. The van der Waals surface area contributed by atoms with E-state index in [0.29, 0.717) is 18.0 Å². The molecule has 5 rings (SSSR count). The molecule has 1 fully saturated rings. The Labute approximate surface area is 210 Å². The lowest BCUT2D eigenvalue weighted by Crippen LogP contribution is -2.41. The smallest absolute Gasteiger partial charge is 0.229 e. The summed E-state index contributed by atoms with van der Waals surface area (Å²) in [5.74, 6) is 2.77. The van der Waals surface area contributed by atoms with Gasteiger partial charge in [-0.05, 0) is 61.4 Å². The van der Waals surface area contributed by atoms with E-state index >= 15 is 0 Å². The summed E-state index contributed by atoms with van der Waals surface area (Å²) in [5, 5.41) is 3.09. The lowest BCUT2D eigenvalue weighted by atomic mass is 9.97. The van der Waals surface area contributed by atoms with Crippen LogP contribution in [0.25, 0.3) is 11.3 Å². The molecule has 1 aliphatic rings. The Morgan fingerprint density at radius 1 is 0.944 bits per heavy atom. The van der Waals surface area contributed by atoms with Crippen LogP contribution in [0.3, 0.4) is 0 Å². The highest BCUT2D eigenvalue weighted by Crippen LogP contribution is 2.31. The van der Waals surface area contributed by atoms with Crippen LogP contribution in [0.15, 0.2) is 91.3 Å². The number of para-hydroxylation sites is 3. The number of amides is 1. The molecule has 7 nitrogen and oxygen atoms in total. The molecule has 0 bridgehead atoms. The second-order valence-electron chi connectivity index (χ2n) is 8.68. The number of hydrogen-bond donors (Lipinski definition) is 1. The van der Waals surface area contributed by atoms with Crippen LogP contribution >= 0.6 is 0 Å². The minimum absolute atomic E-state index is 0.0201. The van der Waals surface area contributed by atoms with Crippen LogP contribution in [0.1, 0.15) is 12.8 Å². The highest BCUT2D eigenvalue weighted by Gasteiger charge is 2.27. The Morgan fingerprint density at radius 2 is 1.72 bits per heavy atom. The van der Waals surface area contributed by atoms with E-state index in [2.05, 4.69) is 20.2 Å². The number of piperidine rings is 1. The SMILES string of the molecule is COc1ccc(-c2cc(N3CCCC(C(=O)Nc4ccccc4Oc4ccccc4)C3)ncn2)cc1. The molecular weight excluding hydrogens is 452 g/mol. The van der Waals surface area contributed by atoms with E-state index in [0.717, 1.165) is 48.0 Å². The van der Waals surface area contributed by atoms with Crippen molar-refractivity contribution < 1.29 is 14.3 Å². The van der Waals surface area contributed by atoms with Crippen LogP contribution in [0.5, 0.6) is 17.2 Å². The number of rotatable bonds is 7. The van der Waals surface area contributed by atoms with Gasteiger partial charge >= 0.3 is 0 Å². The van der Waals surface area contributed by atoms with Gasteiger partial charge in [-0.3, -0.25) is 4.79 Å². The monoisotopic (exact) mass is 480 g/mol. The van der Waals surface area contributed by atoms with Gasteiger partial charge in [-0.2, -0.15) is 0 Å². The Hall–Kier alpha value is -4.39. The minimum Gasteiger partial charge on any atom is -0.497 e. The maximum atomic E-state index is 13.3. The van der Waals surface area contributed by atoms with E-state index in [1.807, 2.05) is 84.9 Å². The molecule has 0 aliphatic carbocycles. The van der Waals surface area contributed by atoms with Gasteiger partial charge in [0.15, 0.2) is 5.75 Å². The highest BCUT2D eigenvalue weighted by atomic mass is 16.5. The number of ether oxygens (including phenoxy) is 2. The van der Waals surface area contributed by atoms with Crippen LogP contribution in [-0.4, -0.2) is 36.1 Å². The van der Waals surface area contributed by atoms with Gasteiger partial charge < -0.3 is 19.7 Å². The van der Waals surface area contributed by atoms with Crippen LogP contribution < -0.4 is 19.7 Å². The minimum atomic E-state index is -0.164. The molecule has 1 aromatic heterocycles. The molecule has 1 amide bonds. The van der Waals surface area contributed by atoms with E-state index in [1.54, 1.807) is 13.4 Å². The number of benzene rings is 3. The van der Waals surface area contributed by atoms with Gasteiger partial charge in [0.1, 0.15) is 23.6 Å². The van der Waals surface area contributed by atoms with Gasteiger partial charge in [0, 0.05) is 24.7 Å². The van der Waals surface area contributed by atoms with Crippen LogP contribution in [-0.2, 0) is 4.79 Å². The van der Waals surface area contributed by atoms with Crippen LogP contribution in [0.4, 0.5) is 11.5 Å². The second-order valence-corrected chi connectivity index (χ2v) is 8.68. The number of aromatic nitrogens is 2. The molecule has 182 valence electrons. The Bertz CT molecular complexity index is 1310. The average molecular weight is 481 g/mol. The maximum Gasteiger partial charge on any atom is 0.229 e. The number of carbonyl (C=O) groups is 1. The quantitative estimate of drug-likeness (QED) is 0.360. The van der Waals surface area contributed by atoms with E-state index in [9.17, 15) is 4.79 Å². The van der Waals surface area contributed by atoms with Crippen molar-refractivity contribution in [2.75, 3.05) is 30.4 Å². The first kappa shape index (κ1) is 23.4. The standard InChI is InChI=1S/C29H28N4O3/c1-35-23-15-13-21(14-16-23)26-18-28(31-20-30-26)33-17-7-8-22(19-33)29(34)32-25-11-5-6-12-27(25)36-24-9-3-2-4-10-24/h2-6,9-16,18,20,22H,7-8,17,19H2,1H3,(H,32,34). The Morgan fingerprint density at radius 3 is 2.53 bits per heavy atom. The fourth-order valence-electron chi connectivity index (χ4n) is 4.35. The van der Waals surface area contributed by atoms with Crippen molar-refractivity contribution in [3.8, 4) is 28.5 Å². The fraction of sp³-hybridized carbons (Fsp3) is 0.207. The first-order chi connectivity index (χ1) is 17.7. The lowest BCUT2D eigenvalue weighted by molar-refractivity contribution is -0.120. The number of carbonyl (C=O) groups excluding carboxylic acids is 1. The molecule has 1 aliphatic heterocycles. The molecule has 36 heavy (non-hydrogen) atoms. The summed E-state index contributed by atoms with van der Waals surface area (Å²) < 4.78 is 11.3. The van der Waals surface area contributed by atoms with Gasteiger partial charge in [-0.15, -0.1) is 0 Å². The largest absolute Gasteiger partial charge is 0.497 e. The van der Waals surface area contributed by atoms with E-state index in [4.69, 9.17) is 9.47 Å². The molecule has 0 radical (unpaired) electrons. The van der Waals surface area contributed by atoms with Gasteiger partial charge in [0.25, 0.3) is 0 Å². The third-order valence-electron chi connectivity index (χ3n) is 6.27. The summed E-state index contributed by atoms with van der Waals surface area (Å²) in [6, 6.07) is 26.8. The molecule has 2 heterocycles. The summed E-state index contributed by atoms with van der Waals surface area (Å²) in [7, 11) is 1.65. The van der Waals surface area contributed by atoms with E-state index < -0.39 is 0 Å². The van der Waals surface area contributed by atoms with Crippen LogP contribution in [0.2, 0.25) is 0 Å². The second kappa shape index (κ2) is 10.9. The van der Waals surface area contributed by atoms with Crippen LogP contribution in [0, 0.1) is 5.92 Å². The molecule has 1 N–H and O–H groups in total. The number of nitrogens with zero attached hydrogens (tertiary/aromatic N) is 3. The predicted octanol–water partition coefficient (Wildman–Crippen LogP) is 5.80. The van der Waals surface area contributed by atoms with Crippen molar-refractivity contribution in [3.05, 3.63) is 91.3 Å². The summed E-state index contributed by atoms with van der Waals surface area (Å²) >= 11 is 0. The third kappa shape index (κ3) is 5.46. The maximum absolute atomic E-state index is 13.3. The normalized spacial score (nSPS) is 15.2. The van der Waals surface area contributed by atoms with Crippen molar-refractivity contribution in [2.45, 2.75) is 12.8 Å². The zero-order chi connectivity index (χ0) is 24.7. The van der Waals surface area contributed by atoms with Crippen molar-refractivity contribution in [3.63, 3.8) is 0 Å². The van der Waals surface area contributed by atoms with Gasteiger partial charge in [0.2, 0.25) is 5.91 Å². The van der Waals surface area contributed by atoms with Crippen molar-refractivity contribution >= 4 is 17.4 Å².